The minimum atomic E-state index is -4.48. The molecule has 0 spiro atoms. The van der Waals surface area contributed by atoms with Gasteiger partial charge in [-0.3, -0.25) is 4.79 Å². The van der Waals surface area contributed by atoms with Gasteiger partial charge in [-0.15, -0.1) is 11.6 Å². The van der Waals surface area contributed by atoms with Crippen LogP contribution in [-0.2, 0) is 11.0 Å². The minimum absolute atomic E-state index is 0.0610. The molecule has 116 valence electrons. The Balaban J connectivity index is 2.08. The van der Waals surface area contributed by atoms with Gasteiger partial charge in [0.1, 0.15) is 11.7 Å². The maximum atomic E-state index is 12.5. The average Bonchev–Trinajstić information content (AvgIpc) is 2.85. The van der Waals surface area contributed by atoms with Crippen molar-refractivity contribution in [2.24, 2.45) is 0 Å². The Kier molecular flexibility index (Phi) is 4.83. The van der Waals surface area contributed by atoms with Crippen LogP contribution in [0.25, 0.3) is 0 Å². The number of carbonyl (C=O) groups is 1. The van der Waals surface area contributed by atoms with Crippen molar-refractivity contribution >= 4 is 34.9 Å². The largest absolute Gasteiger partial charge is 0.417 e. The molecule has 1 amide bonds. The third-order valence-electron chi connectivity index (χ3n) is 3.12. The molecule has 1 fully saturated rings. The van der Waals surface area contributed by atoms with Crippen molar-refractivity contribution in [3.05, 3.63) is 22.8 Å². The number of rotatable bonds is 3. The monoisotopic (exact) mass is 341 g/mol. The molecule has 0 saturated carbocycles. The fraction of sp³-hybridized carbons (Fsp3) is 0.500. The Hall–Kier alpha value is -1.21. The van der Waals surface area contributed by atoms with Crippen LogP contribution in [0.4, 0.5) is 19.0 Å². The molecule has 1 atom stereocenters. The average molecular weight is 342 g/mol. The van der Waals surface area contributed by atoms with Gasteiger partial charge in [-0.1, -0.05) is 11.6 Å². The fourth-order valence-corrected chi connectivity index (χ4v) is 2.52. The predicted octanol–water partition coefficient (Wildman–Crippen LogP) is 2.69. The van der Waals surface area contributed by atoms with Crippen molar-refractivity contribution in [2.45, 2.75) is 18.6 Å². The molecule has 0 radical (unpaired) electrons. The zero-order valence-electron chi connectivity index (χ0n) is 10.8. The van der Waals surface area contributed by atoms with Crippen LogP contribution < -0.4 is 10.2 Å². The second-order valence-corrected chi connectivity index (χ2v) is 5.33. The topological polar surface area (TPSA) is 45.2 Å². The van der Waals surface area contributed by atoms with E-state index in [1.54, 1.807) is 4.90 Å². The quantitative estimate of drug-likeness (QED) is 0.859. The van der Waals surface area contributed by atoms with Crippen LogP contribution in [0.3, 0.4) is 0 Å². The van der Waals surface area contributed by atoms with Gasteiger partial charge in [0.15, 0.2) is 0 Å². The number of pyridine rings is 1. The molecule has 0 bridgehead atoms. The summed E-state index contributed by atoms with van der Waals surface area (Å²) in [4.78, 5) is 16.7. The van der Waals surface area contributed by atoms with Crippen molar-refractivity contribution in [1.82, 2.24) is 10.3 Å². The molecule has 0 aliphatic carbocycles. The van der Waals surface area contributed by atoms with E-state index in [2.05, 4.69) is 10.3 Å². The number of amides is 1. The van der Waals surface area contributed by atoms with Gasteiger partial charge in [0.2, 0.25) is 5.91 Å². The van der Waals surface area contributed by atoms with Crippen molar-refractivity contribution in [1.29, 1.82) is 0 Å². The Labute approximate surface area is 129 Å². The third kappa shape index (κ3) is 3.91. The lowest BCUT2D eigenvalue weighted by Gasteiger charge is -2.19. The zero-order valence-corrected chi connectivity index (χ0v) is 12.3. The van der Waals surface area contributed by atoms with Crippen LogP contribution >= 0.6 is 23.2 Å². The number of aromatic nitrogens is 1. The van der Waals surface area contributed by atoms with E-state index < -0.39 is 11.7 Å². The van der Waals surface area contributed by atoms with Gasteiger partial charge >= 0.3 is 6.18 Å². The lowest BCUT2D eigenvalue weighted by Crippen LogP contribution is -2.37. The highest BCUT2D eigenvalue weighted by Crippen LogP contribution is 2.34. The van der Waals surface area contributed by atoms with Crippen molar-refractivity contribution in [2.75, 3.05) is 23.9 Å². The molecule has 2 rings (SSSR count). The molecule has 9 heteroatoms. The summed E-state index contributed by atoms with van der Waals surface area (Å²) in [5.74, 6) is -0.127. The molecular formula is C12H12Cl2F3N3O. The van der Waals surface area contributed by atoms with Gasteiger partial charge in [0.05, 0.1) is 10.6 Å². The summed E-state index contributed by atoms with van der Waals surface area (Å²) >= 11 is 11.3. The van der Waals surface area contributed by atoms with Crippen molar-refractivity contribution < 1.29 is 18.0 Å². The molecule has 21 heavy (non-hydrogen) atoms. The van der Waals surface area contributed by atoms with E-state index in [9.17, 15) is 18.0 Å². The first-order valence-corrected chi connectivity index (χ1v) is 7.05. The predicted molar refractivity (Wildman–Crippen MR) is 73.7 cm³/mol. The summed E-state index contributed by atoms with van der Waals surface area (Å²) in [6.45, 7) is 0.978. The first-order valence-electron chi connectivity index (χ1n) is 6.14. The maximum absolute atomic E-state index is 12.5. The number of hydrogen-bond acceptors (Lipinski definition) is 3. The number of anilines is 1. The second-order valence-electron chi connectivity index (χ2n) is 4.66. The molecule has 4 nitrogen and oxygen atoms in total. The standard InChI is InChI=1S/C12H12Cl2F3N3O/c13-4-10(21)19-8-1-2-20(6-8)11-9(14)3-7(5-18-11)12(15,16)17/h3,5,8H,1-2,4,6H2,(H,19,21). The first-order chi connectivity index (χ1) is 9.81. The summed E-state index contributed by atoms with van der Waals surface area (Å²) in [7, 11) is 0. The van der Waals surface area contributed by atoms with Crippen molar-refractivity contribution in [3.8, 4) is 0 Å². The van der Waals surface area contributed by atoms with Gasteiger partial charge in [0, 0.05) is 25.3 Å². The van der Waals surface area contributed by atoms with E-state index in [-0.39, 0.29) is 28.7 Å². The number of nitrogens with zero attached hydrogens (tertiary/aromatic N) is 2. The fourth-order valence-electron chi connectivity index (χ4n) is 2.16. The van der Waals surface area contributed by atoms with Gasteiger partial charge in [0.25, 0.3) is 0 Å². The normalized spacial score (nSPS) is 18.9. The van der Waals surface area contributed by atoms with Gasteiger partial charge in [-0.2, -0.15) is 13.2 Å². The number of nitrogens with one attached hydrogen (secondary N) is 1. The SMILES string of the molecule is O=C(CCl)NC1CCN(c2ncc(C(F)(F)F)cc2Cl)C1. The lowest BCUT2D eigenvalue weighted by atomic mass is 10.2. The molecule has 1 aromatic rings. The second kappa shape index (κ2) is 6.27. The number of hydrogen-bond donors (Lipinski definition) is 1. The summed E-state index contributed by atoms with van der Waals surface area (Å²) in [6, 6.07) is 0.741. The molecule has 1 unspecified atom stereocenters. The van der Waals surface area contributed by atoms with E-state index in [1.807, 2.05) is 0 Å². The van der Waals surface area contributed by atoms with E-state index in [1.165, 1.54) is 0 Å². The Morgan fingerprint density at radius 1 is 1.52 bits per heavy atom. The lowest BCUT2D eigenvalue weighted by molar-refractivity contribution is -0.137. The maximum Gasteiger partial charge on any atom is 0.417 e. The van der Waals surface area contributed by atoms with E-state index >= 15 is 0 Å². The Morgan fingerprint density at radius 3 is 2.81 bits per heavy atom. The number of carbonyl (C=O) groups excluding carboxylic acids is 1. The molecule has 1 saturated heterocycles. The van der Waals surface area contributed by atoms with Crippen LogP contribution in [0, 0.1) is 0 Å². The number of halogens is 5. The first kappa shape index (κ1) is 16.2. The molecule has 1 aromatic heterocycles. The smallest absolute Gasteiger partial charge is 0.353 e. The highest BCUT2D eigenvalue weighted by atomic mass is 35.5. The molecule has 0 aromatic carbocycles. The summed E-state index contributed by atoms with van der Waals surface area (Å²) < 4.78 is 37.6. The van der Waals surface area contributed by atoms with Gasteiger partial charge in [-0.05, 0) is 12.5 Å². The van der Waals surface area contributed by atoms with E-state index in [4.69, 9.17) is 23.2 Å². The molecular weight excluding hydrogens is 330 g/mol. The van der Waals surface area contributed by atoms with Crippen molar-refractivity contribution in [3.63, 3.8) is 0 Å². The molecule has 1 aliphatic heterocycles. The summed E-state index contributed by atoms with van der Waals surface area (Å²) in [5.41, 5.74) is -0.887. The van der Waals surface area contributed by atoms with E-state index in [0.717, 1.165) is 12.3 Å². The van der Waals surface area contributed by atoms with Crippen LogP contribution in [0.5, 0.6) is 0 Å². The molecule has 1 N–H and O–H groups in total. The molecule has 1 aliphatic rings. The van der Waals surface area contributed by atoms with Crippen LogP contribution in [-0.4, -0.2) is 35.9 Å². The highest BCUT2D eigenvalue weighted by molar-refractivity contribution is 6.33. The summed E-state index contributed by atoms with van der Waals surface area (Å²) in [5, 5.41) is 2.66. The van der Waals surface area contributed by atoms with E-state index in [0.29, 0.717) is 19.5 Å². The summed E-state index contributed by atoms with van der Waals surface area (Å²) in [6.07, 6.45) is -3.06. The Morgan fingerprint density at radius 2 is 2.24 bits per heavy atom. The molecule has 2 heterocycles. The zero-order chi connectivity index (χ0) is 15.6. The third-order valence-corrected chi connectivity index (χ3v) is 3.64. The van der Waals surface area contributed by atoms with Crippen LogP contribution in [0.15, 0.2) is 12.3 Å². The van der Waals surface area contributed by atoms with Gasteiger partial charge in [-0.25, -0.2) is 4.98 Å². The van der Waals surface area contributed by atoms with Gasteiger partial charge < -0.3 is 10.2 Å². The van der Waals surface area contributed by atoms with Crippen LogP contribution in [0.1, 0.15) is 12.0 Å². The van der Waals surface area contributed by atoms with Crippen LogP contribution in [0.2, 0.25) is 5.02 Å². The number of alkyl halides is 4. The minimum Gasteiger partial charge on any atom is -0.353 e. The highest BCUT2D eigenvalue weighted by Gasteiger charge is 2.33. The Bertz CT molecular complexity index is 539.